The quantitative estimate of drug-likeness (QED) is 0.234. The van der Waals surface area contributed by atoms with Gasteiger partial charge in [-0.1, -0.05) is 91.1 Å². The summed E-state index contributed by atoms with van der Waals surface area (Å²) in [4.78, 5) is 28.8. The first kappa shape index (κ1) is 29.5. The van der Waals surface area contributed by atoms with Crippen molar-refractivity contribution in [2.24, 2.45) is 5.92 Å². The van der Waals surface area contributed by atoms with Crippen molar-refractivity contribution >= 4 is 35.0 Å². The summed E-state index contributed by atoms with van der Waals surface area (Å²) in [5.41, 5.74) is 2.86. The van der Waals surface area contributed by atoms with Crippen molar-refractivity contribution in [3.63, 3.8) is 0 Å². The topological polar surface area (TPSA) is 58.6 Å². The molecular formula is C31H36Cl2N2O3. The third kappa shape index (κ3) is 9.38. The van der Waals surface area contributed by atoms with E-state index >= 15 is 0 Å². The Balaban J connectivity index is 1.81. The fraction of sp³-hybridized carbons (Fsp3) is 0.355. The standard InChI is InChI=1S/C31H36Cl2N2O3/c1-22(2)20-34-31(37)29(18-24-8-5-4-6-9-24)35(21-25-13-14-26(32)19-28(25)33)30(36)10-7-17-38-27-15-11-23(3)12-16-27/h4-6,8-9,11-16,19,22,29H,7,10,17-18,20-21H2,1-3H3,(H,34,37)/t29-/m1/s1. The largest absolute Gasteiger partial charge is 0.494 e. The molecule has 0 aliphatic heterocycles. The summed E-state index contributed by atoms with van der Waals surface area (Å²) in [7, 11) is 0. The molecule has 2 amide bonds. The van der Waals surface area contributed by atoms with Gasteiger partial charge < -0.3 is 15.0 Å². The van der Waals surface area contributed by atoms with Crippen LogP contribution in [0.25, 0.3) is 0 Å². The molecule has 7 heteroatoms. The number of benzene rings is 3. The van der Waals surface area contributed by atoms with Crippen LogP contribution in [0.2, 0.25) is 10.0 Å². The van der Waals surface area contributed by atoms with Crippen LogP contribution >= 0.6 is 23.2 Å². The number of halogens is 2. The van der Waals surface area contributed by atoms with E-state index < -0.39 is 6.04 Å². The van der Waals surface area contributed by atoms with Gasteiger partial charge in [0.2, 0.25) is 11.8 Å². The predicted molar refractivity (Wildman–Crippen MR) is 155 cm³/mol. The molecule has 0 aliphatic rings. The zero-order chi connectivity index (χ0) is 27.5. The highest BCUT2D eigenvalue weighted by atomic mass is 35.5. The Morgan fingerprint density at radius 2 is 1.68 bits per heavy atom. The van der Waals surface area contributed by atoms with Crippen LogP contribution in [0.15, 0.2) is 72.8 Å². The summed E-state index contributed by atoms with van der Waals surface area (Å²) in [6.07, 6.45) is 1.14. The number of hydrogen-bond donors (Lipinski definition) is 1. The van der Waals surface area contributed by atoms with E-state index in [1.54, 1.807) is 23.1 Å². The van der Waals surface area contributed by atoms with E-state index in [2.05, 4.69) is 5.32 Å². The second-order valence-electron chi connectivity index (χ2n) is 9.87. The van der Waals surface area contributed by atoms with Crippen molar-refractivity contribution in [2.45, 2.75) is 52.6 Å². The molecule has 3 aromatic carbocycles. The highest BCUT2D eigenvalue weighted by molar-refractivity contribution is 6.35. The third-order valence-electron chi connectivity index (χ3n) is 6.14. The second-order valence-corrected chi connectivity index (χ2v) is 10.7. The molecular weight excluding hydrogens is 519 g/mol. The Bertz CT molecular complexity index is 1180. The maximum Gasteiger partial charge on any atom is 0.243 e. The number of hydrogen-bond acceptors (Lipinski definition) is 3. The summed E-state index contributed by atoms with van der Waals surface area (Å²) in [6, 6.07) is 22.0. The molecule has 0 radical (unpaired) electrons. The van der Waals surface area contributed by atoms with Gasteiger partial charge in [0.25, 0.3) is 0 Å². The highest BCUT2D eigenvalue weighted by Gasteiger charge is 2.30. The molecule has 0 saturated carbocycles. The minimum atomic E-state index is -0.701. The van der Waals surface area contributed by atoms with E-state index in [0.29, 0.717) is 36.0 Å². The number of nitrogens with one attached hydrogen (secondary N) is 1. The van der Waals surface area contributed by atoms with E-state index in [1.807, 2.05) is 75.4 Å². The molecule has 1 atom stereocenters. The lowest BCUT2D eigenvalue weighted by Gasteiger charge is -2.32. The average Bonchev–Trinajstić information content (AvgIpc) is 2.89. The summed E-state index contributed by atoms with van der Waals surface area (Å²) in [6.45, 7) is 7.22. The van der Waals surface area contributed by atoms with Crippen molar-refractivity contribution in [2.75, 3.05) is 13.2 Å². The number of rotatable bonds is 13. The lowest BCUT2D eigenvalue weighted by molar-refractivity contribution is -0.141. The first-order valence-electron chi connectivity index (χ1n) is 13.0. The predicted octanol–water partition coefficient (Wildman–Crippen LogP) is 6.87. The van der Waals surface area contributed by atoms with E-state index in [9.17, 15) is 9.59 Å². The number of carbonyl (C=O) groups is 2. The fourth-order valence-electron chi connectivity index (χ4n) is 4.00. The monoisotopic (exact) mass is 554 g/mol. The average molecular weight is 556 g/mol. The lowest BCUT2D eigenvalue weighted by Crippen LogP contribution is -2.51. The Kier molecular flexibility index (Phi) is 11.5. The number of aryl methyl sites for hydroxylation is 1. The second kappa shape index (κ2) is 14.8. The lowest BCUT2D eigenvalue weighted by atomic mass is 10.0. The number of carbonyl (C=O) groups excluding carboxylic acids is 2. The fourth-order valence-corrected chi connectivity index (χ4v) is 4.47. The van der Waals surface area contributed by atoms with Gasteiger partial charge >= 0.3 is 0 Å². The van der Waals surface area contributed by atoms with Crippen LogP contribution in [0.3, 0.4) is 0 Å². The molecule has 0 spiro atoms. The molecule has 0 unspecified atom stereocenters. The van der Waals surface area contributed by atoms with Gasteiger partial charge in [0.15, 0.2) is 0 Å². The number of amides is 2. The van der Waals surface area contributed by atoms with Gasteiger partial charge in [0.05, 0.1) is 6.61 Å². The van der Waals surface area contributed by atoms with Crippen LogP contribution in [0, 0.1) is 12.8 Å². The van der Waals surface area contributed by atoms with Gasteiger partial charge in [-0.25, -0.2) is 0 Å². The molecule has 0 aromatic heterocycles. The number of nitrogens with zero attached hydrogens (tertiary/aromatic N) is 1. The minimum Gasteiger partial charge on any atom is -0.494 e. The zero-order valence-electron chi connectivity index (χ0n) is 22.3. The van der Waals surface area contributed by atoms with Crippen LogP contribution in [0.5, 0.6) is 5.75 Å². The van der Waals surface area contributed by atoms with Crippen LogP contribution in [-0.2, 0) is 22.6 Å². The smallest absolute Gasteiger partial charge is 0.243 e. The van der Waals surface area contributed by atoms with Crippen LogP contribution in [0.4, 0.5) is 0 Å². The Hall–Kier alpha value is -3.02. The third-order valence-corrected chi connectivity index (χ3v) is 6.72. The molecule has 0 heterocycles. The normalized spacial score (nSPS) is 11.7. The van der Waals surface area contributed by atoms with Crippen LogP contribution < -0.4 is 10.1 Å². The molecule has 0 fully saturated rings. The first-order valence-corrected chi connectivity index (χ1v) is 13.7. The van der Waals surface area contributed by atoms with Gasteiger partial charge in [-0.05, 0) is 54.7 Å². The van der Waals surface area contributed by atoms with Gasteiger partial charge in [-0.2, -0.15) is 0 Å². The number of ether oxygens (including phenoxy) is 1. The molecule has 3 aromatic rings. The van der Waals surface area contributed by atoms with Crippen molar-refractivity contribution in [1.29, 1.82) is 0 Å². The Morgan fingerprint density at radius 3 is 2.34 bits per heavy atom. The molecule has 0 bridgehead atoms. The van der Waals surface area contributed by atoms with Crippen LogP contribution in [0.1, 0.15) is 43.4 Å². The molecule has 38 heavy (non-hydrogen) atoms. The highest BCUT2D eigenvalue weighted by Crippen LogP contribution is 2.25. The Morgan fingerprint density at radius 1 is 0.974 bits per heavy atom. The van der Waals surface area contributed by atoms with E-state index in [0.717, 1.165) is 22.4 Å². The minimum absolute atomic E-state index is 0.135. The van der Waals surface area contributed by atoms with E-state index in [1.165, 1.54) is 0 Å². The van der Waals surface area contributed by atoms with Crippen LogP contribution in [-0.4, -0.2) is 35.9 Å². The zero-order valence-corrected chi connectivity index (χ0v) is 23.8. The van der Waals surface area contributed by atoms with Crippen molar-refractivity contribution in [3.05, 3.63) is 99.5 Å². The summed E-state index contributed by atoms with van der Waals surface area (Å²) in [5.74, 6) is 0.731. The Labute approximate surface area is 236 Å². The van der Waals surface area contributed by atoms with Gasteiger partial charge in [-0.3, -0.25) is 9.59 Å². The molecule has 3 rings (SSSR count). The molecule has 0 saturated heterocycles. The first-order chi connectivity index (χ1) is 18.2. The molecule has 5 nitrogen and oxygen atoms in total. The van der Waals surface area contributed by atoms with Gasteiger partial charge in [0.1, 0.15) is 11.8 Å². The summed E-state index contributed by atoms with van der Waals surface area (Å²) >= 11 is 12.6. The summed E-state index contributed by atoms with van der Waals surface area (Å²) in [5, 5.41) is 4.00. The van der Waals surface area contributed by atoms with Crippen molar-refractivity contribution < 1.29 is 14.3 Å². The molecule has 1 N–H and O–H groups in total. The molecule has 202 valence electrons. The summed E-state index contributed by atoms with van der Waals surface area (Å²) < 4.78 is 5.82. The SMILES string of the molecule is Cc1ccc(OCCCC(=O)N(Cc2ccc(Cl)cc2Cl)[C@H](Cc2ccccc2)C(=O)NCC(C)C)cc1. The van der Waals surface area contributed by atoms with E-state index in [-0.39, 0.29) is 30.7 Å². The van der Waals surface area contributed by atoms with Crippen molar-refractivity contribution in [1.82, 2.24) is 10.2 Å². The molecule has 0 aliphatic carbocycles. The van der Waals surface area contributed by atoms with E-state index in [4.69, 9.17) is 27.9 Å². The van der Waals surface area contributed by atoms with Gasteiger partial charge in [-0.15, -0.1) is 0 Å². The van der Waals surface area contributed by atoms with Gasteiger partial charge in [0, 0.05) is 36.0 Å². The maximum atomic E-state index is 13.7. The maximum absolute atomic E-state index is 13.7. The van der Waals surface area contributed by atoms with Crippen molar-refractivity contribution in [3.8, 4) is 5.75 Å².